The van der Waals surface area contributed by atoms with Gasteiger partial charge in [0.15, 0.2) is 0 Å². The van der Waals surface area contributed by atoms with E-state index >= 15 is 0 Å². The first-order valence-corrected chi connectivity index (χ1v) is 4.69. The van der Waals surface area contributed by atoms with Gasteiger partial charge in [0.25, 0.3) is 10.1 Å². The van der Waals surface area contributed by atoms with E-state index in [1.807, 2.05) is 0 Å². The van der Waals surface area contributed by atoms with Gasteiger partial charge in [-0.05, 0) is 0 Å². The van der Waals surface area contributed by atoms with Crippen LogP contribution in [0.5, 0.6) is 0 Å². The standard InChI is InChI=1S/C5H8O5S/c6-5-1-4(2-10-5)3-11(7,8)9/h4H,1-3H2,(H,7,8,9). The maximum Gasteiger partial charge on any atom is 0.306 e. The van der Waals surface area contributed by atoms with E-state index in [0.29, 0.717) is 0 Å². The van der Waals surface area contributed by atoms with E-state index in [-0.39, 0.29) is 18.9 Å². The van der Waals surface area contributed by atoms with E-state index in [9.17, 15) is 13.2 Å². The van der Waals surface area contributed by atoms with Crippen LogP contribution in [0.15, 0.2) is 0 Å². The maximum atomic E-state index is 10.4. The third-order valence-electron chi connectivity index (χ3n) is 1.38. The van der Waals surface area contributed by atoms with Crippen molar-refractivity contribution >= 4 is 16.1 Å². The number of carbonyl (C=O) groups is 1. The van der Waals surface area contributed by atoms with Crippen molar-refractivity contribution in [3.05, 3.63) is 0 Å². The molecule has 1 aliphatic heterocycles. The van der Waals surface area contributed by atoms with Crippen LogP contribution in [0.3, 0.4) is 0 Å². The van der Waals surface area contributed by atoms with Crippen LogP contribution in [0, 0.1) is 5.92 Å². The van der Waals surface area contributed by atoms with Crippen molar-refractivity contribution in [2.24, 2.45) is 5.92 Å². The summed E-state index contributed by atoms with van der Waals surface area (Å²) in [7, 11) is -3.96. The van der Waals surface area contributed by atoms with Gasteiger partial charge in [-0.3, -0.25) is 9.35 Å². The van der Waals surface area contributed by atoms with E-state index < -0.39 is 21.8 Å². The zero-order valence-corrected chi connectivity index (χ0v) is 6.50. The summed E-state index contributed by atoms with van der Waals surface area (Å²) >= 11 is 0. The Morgan fingerprint density at radius 3 is 2.64 bits per heavy atom. The van der Waals surface area contributed by atoms with Crippen molar-refractivity contribution in [2.75, 3.05) is 12.4 Å². The molecule has 5 nitrogen and oxygen atoms in total. The van der Waals surface area contributed by atoms with Gasteiger partial charge in [-0.1, -0.05) is 0 Å². The van der Waals surface area contributed by atoms with E-state index in [2.05, 4.69) is 4.74 Å². The van der Waals surface area contributed by atoms with Crippen LogP contribution in [0.25, 0.3) is 0 Å². The topological polar surface area (TPSA) is 80.7 Å². The summed E-state index contributed by atoms with van der Waals surface area (Å²) in [6.45, 7) is 0.0959. The molecular formula is C5H8O5S. The van der Waals surface area contributed by atoms with E-state index in [4.69, 9.17) is 4.55 Å². The summed E-state index contributed by atoms with van der Waals surface area (Å²) in [6.07, 6.45) is 0.0831. The minimum atomic E-state index is -3.96. The molecule has 1 unspecified atom stereocenters. The number of rotatable bonds is 2. The fourth-order valence-electron chi connectivity index (χ4n) is 0.969. The number of esters is 1. The van der Waals surface area contributed by atoms with Crippen molar-refractivity contribution in [3.63, 3.8) is 0 Å². The van der Waals surface area contributed by atoms with Gasteiger partial charge >= 0.3 is 5.97 Å². The van der Waals surface area contributed by atoms with Crippen LogP contribution >= 0.6 is 0 Å². The van der Waals surface area contributed by atoms with Gasteiger partial charge in [-0.15, -0.1) is 0 Å². The van der Waals surface area contributed by atoms with E-state index in [0.717, 1.165) is 0 Å². The predicted octanol–water partition coefficient (Wildman–Crippen LogP) is -0.563. The third-order valence-corrected chi connectivity index (χ3v) is 2.27. The van der Waals surface area contributed by atoms with Crippen molar-refractivity contribution in [2.45, 2.75) is 6.42 Å². The smallest absolute Gasteiger partial charge is 0.306 e. The molecule has 1 atom stereocenters. The minimum absolute atomic E-state index is 0.0831. The Kier molecular flexibility index (Phi) is 2.15. The Bertz CT molecular complexity index is 254. The lowest BCUT2D eigenvalue weighted by Crippen LogP contribution is -2.15. The van der Waals surface area contributed by atoms with Crippen LogP contribution in [0.4, 0.5) is 0 Å². The van der Waals surface area contributed by atoms with Crippen molar-refractivity contribution in [3.8, 4) is 0 Å². The van der Waals surface area contributed by atoms with Crippen molar-refractivity contribution in [1.29, 1.82) is 0 Å². The lowest BCUT2D eigenvalue weighted by atomic mass is 10.2. The quantitative estimate of drug-likeness (QED) is 0.455. The molecule has 64 valence electrons. The molecule has 0 aromatic heterocycles. The molecule has 1 heterocycles. The zero-order valence-electron chi connectivity index (χ0n) is 5.69. The van der Waals surface area contributed by atoms with E-state index in [1.54, 1.807) is 0 Å². The maximum absolute atomic E-state index is 10.4. The molecule has 1 aliphatic rings. The largest absolute Gasteiger partial charge is 0.465 e. The van der Waals surface area contributed by atoms with Crippen molar-refractivity contribution in [1.82, 2.24) is 0 Å². The highest BCUT2D eigenvalue weighted by Crippen LogP contribution is 2.15. The zero-order chi connectivity index (χ0) is 8.48. The van der Waals surface area contributed by atoms with Gasteiger partial charge in [-0.2, -0.15) is 8.42 Å². The van der Waals surface area contributed by atoms with E-state index in [1.165, 1.54) is 0 Å². The van der Waals surface area contributed by atoms with Gasteiger partial charge in [0.1, 0.15) is 0 Å². The predicted molar refractivity (Wildman–Crippen MR) is 35.5 cm³/mol. The molecule has 0 aromatic rings. The summed E-state index contributed by atoms with van der Waals surface area (Å²) < 4.78 is 33.4. The van der Waals surface area contributed by atoms with Crippen LogP contribution in [0.2, 0.25) is 0 Å². The number of cyclic esters (lactones) is 1. The monoisotopic (exact) mass is 180 g/mol. The van der Waals surface area contributed by atoms with Gasteiger partial charge in [0.2, 0.25) is 0 Å². The second kappa shape index (κ2) is 2.78. The second-order valence-corrected chi connectivity index (χ2v) is 4.00. The molecule has 0 aromatic carbocycles. The molecule has 1 fully saturated rings. The van der Waals surface area contributed by atoms with Crippen LogP contribution in [-0.4, -0.2) is 31.3 Å². The Hall–Kier alpha value is -0.620. The molecule has 1 rings (SSSR count). The molecular weight excluding hydrogens is 172 g/mol. The number of hydrogen-bond donors (Lipinski definition) is 1. The minimum Gasteiger partial charge on any atom is -0.465 e. The molecule has 0 spiro atoms. The first-order chi connectivity index (χ1) is 4.97. The highest BCUT2D eigenvalue weighted by atomic mass is 32.2. The highest BCUT2D eigenvalue weighted by molar-refractivity contribution is 7.85. The lowest BCUT2D eigenvalue weighted by Gasteiger charge is -2.00. The fourth-order valence-corrected chi connectivity index (χ4v) is 1.78. The molecule has 0 amide bonds. The first kappa shape index (κ1) is 8.48. The summed E-state index contributed by atoms with van der Waals surface area (Å²) in [4.78, 5) is 10.4. The van der Waals surface area contributed by atoms with Crippen molar-refractivity contribution < 1.29 is 22.5 Å². The lowest BCUT2D eigenvalue weighted by molar-refractivity contribution is -0.137. The Labute approximate surface area is 64.1 Å². The molecule has 0 radical (unpaired) electrons. The fraction of sp³-hybridized carbons (Fsp3) is 0.800. The number of carbonyl (C=O) groups excluding carboxylic acids is 1. The normalized spacial score (nSPS) is 25.2. The molecule has 1 N–H and O–H groups in total. The van der Waals surface area contributed by atoms with Gasteiger partial charge in [-0.25, -0.2) is 0 Å². The summed E-state index contributed by atoms with van der Waals surface area (Å²) in [6, 6.07) is 0. The Morgan fingerprint density at radius 1 is 1.64 bits per heavy atom. The van der Waals surface area contributed by atoms with Gasteiger partial charge in [0, 0.05) is 5.92 Å². The average Bonchev–Trinajstić information content (AvgIpc) is 2.10. The number of hydrogen-bond acceptors (Lipinski definition) is 4. The van der Waals surface area contributed by atoms with Gasteiger partial charge < -0.3 is 4.74 Å². The van der Waals surface area contributed by atoms with Crippen LogP contribution in [0.1, 0.15) is 6.42 Å². The molecule has 1 saturated heterocycles. The SMILES string of the molecule is O=C1CC(CS(=O)(=O)O)CO1. The third kappa shape index (κ3) is 2.85. The number of ether oxygens (including phenoxy) is 1. The molecule has 0 bridgehead atoms. The molecule has 0 aliphatic carbocycles. The Morgan fingerprint density at radius 2 is 2.27 bits per heavy atom. The average molecular weight is 180 g/mol. The first-order valence-electron chi connectivity index (χ1n) is 3.08. The van der Waals surface area contributed by atoms with Crippen LogP contribution in [-0.2, 0) is 19.6 Å². The second-order valence-electron chi connectivity index (χ2n) is 2.50. The van der Waals surface area contributed by atoms with Gasteiger partial charge in [0.05, 0.1) is 18.8 Å². The summed E-state index contributed by atoms with van der Waals surface area (Å²) in [5, 5.41) is 0. The summed E-state index contributed by atoms with van der Waals surface area (Å²) in [5.41, 5.74) is 0. The highest BCUT2D eigenvalue weighted by Gasteiger charge is 2.27. The molecule has 0 saturated carbocycles. The summed E-state index contributed by atoms with van der Waals surface area (Å²) in [5.74, 6) is -1.17. The van der Waals surface area contributed by atoms with Crippen LogP contribution < -0.4 is 0 Å². The molecule has 6 heteroatoms. The molecule has 11 heavy (non-hydrogen) atoms. The Balaban J connectivity index is 2.47.